The lowest BCUT2D eigenvalue weighted by Crippen LogP contribution is -2.01. The highest BCUT2D eigenvalue weighted by atomic mass is 35.5. The van der Waals surface area contributed by atoms with E-state index in [4.69, 9.17) is 17.3 Å². The van der Waals surface area contributed by atoms with Crippen molar-refractivity contribution in [1.29, 1.82) is 0 Å². The van der Waals surface area contributed by atoms with Crippen LogP contribution in [0.15, 0.2) is 24.3 Å². The molecule has 0 bridgehead atoms. The fraction of sp³-hybridized carbons (Fsp3) is 0.200. The van der Waals surface area contributed by atoms with E-state index in [1.165, 1.54) is 15.0 Å². The van der Waals surface area contributed by atoms with Crippen LogP contribution in [0.5, 0.6) is 0 Å². The molecule has 0 aliphatic heterocycles. The fourth-order valence-electron chi connectivity index (χ4n) is 1.26. The van der Waals surface area contributed by atoms with Crippen LogP contribution in [0, 0.1) is 0 Å². The molecule has 0 aliphatic carbocycles. The molecule has 0 saturated carbocycles. The van der Waals surface area contributed by atoms with Gasteiger partial charge < -0.3 is 5.73 Å². The van der Waals surface area contributed by atoms with Crippen LogP contribution in [-0.2, 0) is 0 Å². The molecular formula is C10H10ClNS. The van der Waals surface area contributed by atoms with Crippen molar-refractivity contribution in [1.82, 2.24) is 0 Å². The summed E-state index contributed by atoms with van der Waals surface area (Å²) in [4.78, 5) is 1.21. The van der Waals surface area contributed by atoms with E-state index in [0.717, 1.165) is 5.02 Å². The Bertz CT molecular complexity index is 433. The molecule has 2 N–H and O–H groups in total. The topological polar surface area (TPSA) is 26.0 Å². The Kier molecular flexibility index (Phi) is 2.28. The number of hydrogen-bond acceptors (Lipinski definition) is 2. The minimum Gasteiger partial charge on any atom is -0.324 e. The lowest BCUT2D eigenvalue weighted by atomic mass is 10.2. The molecule has 1 aromatic heterocycles. The molecule has 3 heteroatoms. The monoisotopic (exact) mass is 211 g/mol. The van der Waals surface area contributed by atoms with Gasteiger partial charge in [0.1, 0.15) is 0 Å². The van der Waals surface area contributed by atoms with Gasteiger partial charge in [-0.05, 0) is 36.6 Å². The van der Waals surface area contributed by atoms with Crippen LogP contribution in [0.4, 0.5) is 0 Å². The van der Waals surface area contributed by atoms with Crippen LogP contribution >= 0.6 is 22.9 Å². The van der Waals surface area contributed by atoms with Crippen molar-refractivity contribution in [2.24, 2.45) is 5.73 Å². The van der Waals surface area contributed by atoms with Crippen molar-refractivity contribution >= 4 is 33.0 Å². The molecule has 1 atom stereocenters. The predicted octanol–water partition coefficient (Wildman–Crippen LogP) is 3.57. The van der Waals surface area contributed by atoms with Crippen molar-refractivity contribution in [2.45, 2.75) is 13.0 Å². The molecule has 0 fully saturated rings. The minimum absolute atomic E-state index is 0.108. The van der Waals surface area contributed by atoms with Crippen molar-refractivity contribution in [2.75, 3.05) is 0 Å². The maximum absolute atomic E-state index is 5.88. The van der Waals surface area contributed by atoms with E-state index in [-0.39, 0.29) is 6.04 Å². The third-order valence-electron chi connectivity index (χ3n) is 1.95. The third-order valence-corrected chi connectivity index (χ3v) is 3.50. The summed E-state index contributed by atoms with van der Waals surface area (Å²) < 4.78 is 1.25. The Morgan fingerprint density at radius 1 is 1.38 bits per heavy atom. The molecular weight excluding hydrogens is 202 g/mol. The zero-order valence-corrected chi connectivity index (χ0v) is 8.82. The molecule has 1 nitrogen and oxygen atoms in total. The summed E-state index contributed by atoms with van der Waals surface area (Å²) in [5, 5.41) is 1.96. The average Bonchev–Trinajstić information content (AvgIpc) is 2.46. The first-order chi connectivity index (χ1) is 6.16. The maximum Gasteiger partial charge on any atom is 0.0412 e. The van der Waals surface area contributed by atoms with Crippen LogP contribution in [0.25, 0.3) is 10.1 Å². The quantitative estimate of drug-likeness (QED) is 0.767. The second-order valence-corrected chi connectivity index (χ2v) is 4.67. The van der Waals surface area contributed by atoms with Crippen LogP contribution in [0.1, 0.15) is 17.8 Å². The van der Waals surface area contributed by atoms with E-state index in [1.54, 1.807) is 11.3 Å². The van der Waals surface area contributed by atoms with Crippen LogP contribution in [0.3, 0.4) is 0 Å². The summed E-state index contributed by atoms with van der Waals surface area (Å²) in [6.45, 7) is 1.99. The van der Waals surface area contributed by atoms with Gasteiger partial charge in [0.05, 0.1) is 0 Å². The lowest BCUT2D eigenvalue weighted by molar-refractivity contribution is 0.839. The Hall–Kier alpha value is -0.570. The molecule has 1 unspecified atom stereocenters. The Morgan fingerprint density at radius 2 is 2.15 bits per heavy atom. The van der Waals surface area contributed by atoms with E-state index in [9.17, 15) is 0 Å². The normalized spacial score (nSPS) is 13.5. The Balaban J connectivity index is 2.62. The Labute approximate surface area is 86.1 Å². The van der Waals surface area contributed by atoms with Gasteiger partial charge in [0.25, 0.3) is 0 Å². The number of thiophene rings is 1. The maximum atomic E-state index is 5.88. The lowest BCUT2D eigenvalue weighted by Gasteiger charge is -1.96. The standard InChI is InChI=1S/C10H10ClNS/c1-6(12)10-5-7-4-8(11)2-3-9(7)13-10/h2-6H,12H2,1H3. The van der Waals surface area contributed by atoms with Crippen molar-refractivity contribution in [3.63, 3.8) is 0 Å². The summed E-state index contributed by atoms with van der Waals surface area (Å²) in [7, 11) is 0. The minimum atomic E-state index is 0.108. The fourth-order valence-corrected chi connectivity index (χ4v) is 2.44. The third kappa shape index (κ3) is 1.70. The van der Waals surface area contributed by atoms with E-state index in [1.807, 2.05) is 25.1 Å². The molecule has 0 amide bonds. The Morgan fingerprint density at radius 3 is 2.85 bits per heavy atom. The molecule has 1 aromatic carbocycles. The number of rotatable bonds is 1. The molecule has 0 aliphatic rings. The van der Waals surface area contributed by atoms with Crippen molar-refractivity contribution < 1.29 is 0 Å². The predicted molar refractivity (Wildman–Crippen MR) is 59.4 cm³/mol. The largest absolute Gasteiger partial charge is 0.324 e. The number of benzene rings is 1. The highest BCUT2D eigenvalue weighted by Crippen LogP contribution is 2.30. The van der Waals surface area contributed by atoms with Gasteiger partial charge in [0.15, 0.2) is 0 Å². The van der Waals surface area contributed by atoms with Gasteiger partial charge in [0.2, 0.25) is 0 Å². The van der Waals surface area contributed by atoms with Gasteiger partial charge in [-0.1, -0.05) is 11.6 Å². The van der Waals surface area contributed by atoms with Gasteiger partial charge >= 0.3 is 0 Å². The molecule has 0 saturated heterocycles. The van der Waals surface area contributed by atoms with Gasteiger partial charge in [0, 0.05) is 20.6 Å². The highest BCUT2D eigenvalue weighted by molar-refractivity contribution is 7.19. The van der Waals surface area contributed by atoms with E-state index >= 15 is 0 Å². The summed E-state index contributed by atoms with van der Waals surface area (Å²) >= 11 is 7.61. The first kappa shape index (κ1) is 9.00. The van der Waals surface area contributed by atoms with Gasteiger partial charge in [-0.25, -0.2) is 0 Å². The molecule has 13 heavy (non-hydrogen) atoms. The highest BCUT2D eigenvalue weighted by Gasteiger charge is 2.05. The van der Waals surface area contributed by atoms with Crippen LogP contribution < -0.4 is 5.73 Å². The number of fused-ring (bicyclic) bond motifs is 1. The molecule has 2 aromatic rings. The SMILES string of the molecule is CC(N)c1cc2cc(Cl)ccc2s1. The van der Waals surface area contributed by atoms with Crippen LogP contribution in [0.2, 0.25) is 5.02 Å². The van der Waals surface area contributed by atoms with Crippen LogP contribution in [-0.4, -0.2) is 0 Å². The number of halogens is 1. The van der Waals surface area contributed by atoms with Crippen molar-refractivity contribution in [3.05, 3.63) is 34.2 Å². The summed E-state index contributed by atoms with van der Waals surface area (Å²) in [5.41, 5.74) is 5.79. The summed E-state index contributed by atoms with van der Waals surface area (Å²) in [6, 6.07) is 8.13. The van der Waals surface area contributed by atoms with Crippen molar-refractivity contribution in [3.8, 4) is 0 Å². The molecule has 68 valence electrons. The summed E-state index contributed by atoms with van der Waals surface area (Å²) in [6.07, 6.45) is 0. The smallest absolute Gasteiger partial charge is 0.0412 e. The van der Waals surface area contributed by atoms with E-state index in [2.05, 4.69) is 6.07 Å². The molecule has 2 rings (SSSR count). The molecule has 0 spiro atoms. The number of nitrogens with two attached hydrogens (primary N) is 1. The second-order valence-electron chi connectivity index (χ2n) is 3.12. The molecule has 1 heterocycles. The van der Waals surface area contributed by atoms with E-state index in [0.29, 0.717) is 0 Å². The average molecular weight is 212 g/mol. The second kappa shape index (κ2) is 3.29. The van der Waals surface area contributed by atoms with Gasteiger partial charge in [-0.3, -0.25) is 0 Å². The number of hydrogen-bond donors (Lipinski definition) is 1. The summed E-state index contributed by atoms with van der Waals surface area (Å²) in [5.74, 6) is 0. The molecule has 0 radical (unpaired) electrons. The first-order valence-corrected chi connectivity index (χ1v) is 5.31. The first-order valence-electron chi connectivity index (χ1n) is 4.11. The van der Waals surface area contributed by atoms with E-state index < -0.39 is 0 Å². The zero-order chi connectivity index (χ0) is 9.42. The zero-order valence-electron chi connectivity index (χ0n) is 7.25. The van der Waals surface area contributed by atoms with Gasteiger partial charge in [-0.15, -0.1) is 11.3 Å². The van der Waals surface area contributed by atoms with Gasteiger partial charge in [-0.2, -0.15) is 0 Å².